The fraction of sp³-hybridized carbons (Fsp3) is 0.308. The molecule has 0 saturated carbocycles. The summed E-state index contributed by atoms with van der Waals surface area (Å²) in [5.41, 5.74) is 2.79. The van der Waals surface area contributed by atoms with Crippen LogP contribution in [-0.2, 0) is 0 Å². The lowest BCUT2D eigenvalue weighted by atomic mass is 10.1. The molecule has 1 saturated heterocycles. The number of nitrogens with one attached hydrogen (secondary N) is 1. The maximum Gasteiger partial charge on any atom is 0.326 e. The number of hydrogen-bond acceptors (Lipinski definition) is 1. The van der Waals surface area contributed by atoms with Crippen LogP contribution in [0, 0.1) is 19.7 Å². The summed E-state index contributed by atoms with van der Waals surface area (Å²) in [5.74, 6) is -0.243. The van der Waals surface area contributed by atoms with Gasteiger partial charge in [0.1, 0.15) is 5.82 Å². The number of aryl methyl sites for hydroxylation is 2. The normalized spacial score (nSPS) is 16.1. The van der Waals surface area contributed by atoms with Gasteiger partial charge < -0.3 is 5.32 Å². The molecule has 1 N–H and O–H groups in total. The van der Waals surface area contributed by atoms with Crippen LogP contribution in [0.3, 0.4) is 0 Å². The van der Waals surface area contributed by atoms with E-state index in [4.69, 9.17) is 0 Å². The van der Waals surface area contributed by atoms with Gasteiger partial charge >= 0.3 is 6.03 Å². The second-order valence-electron chi connectivity index (χ2n) is 4.32. The molecule has 2 rings (SSSR count). The van der Waals surface area contributed by atoms with Gasteiger partial charge in [-0.25, -0.2) is 9.18 Å². The number of carbonyl (C=O) groups is 1. The highest BCUT2D eigenvalue weighted by Gasteiger charge is 2.23. The number of amides is 2. The van der Waals surface area contributed by atoms with Gasteiger partial charge in [0.05, 0.1) is 0 Å². The first-order valence-corrected chi connectivity index (χ1v) is 5.52. The molecule has 1 aromatic carbocycles. The van der Waals surface area contributed by atoms with E-state index >= 15 is 0 Å². The molecule has 0 atom stereocenters. The van der Waals surface area contributed by atoms with Crippen LogP contribution >= 0.6 is 0 Å². The van der Waals surface area contributed by atoms with Crippen molar-refractivity contribution in [2.24, 2.45) is 0 Å². The largest absolute Gasteiger partial charge is 0.326 e. The monoisotopic (exact) mass is 234 g/mol. The molecule has 17 heavy (non-hydrogen) atoms. The predicted molar refractivity (Wildman–Crippen MR) is 65.5 cm³/mol. The van der Waals surface area contributed by atoms with E-state index in [9.17, 15) is 9.18 Å². The van der Waals surface area contributed by atoms with Crippen molar-refractivity contribution >= 4 is 11.7 Å². The van der Waals surface area contributed by atoms with Crippen LogP contribution in [0.1, 0.15) is 17.5 Å². The van der Waals surface area contributed by atoms with Crippen molar-refractivity contribution in [1.29, 1.82) is 0 Å². The van der Waals surface area contributed by atoms with E-state index in [0.29, 0.717) is 18.5 Å². The molecule has 1 aromatic rings. The average molecular weight is 234 g/mol. The van der Waals surface area contributed by atoms with E-state index in [1.807, 2.05) is 0 Å². The Morgan fingerprint density at radius 2 is 2.06 bits per heavy atom. The first-order valence-electron chi connectivity index (χ1n) is 5.52. The van der Waals surface area contributed by atoms with E-state index in [1.165, 1.54) is 6.07 Å². The second-order valence-corrected chi connectivity index (χ2v) is 4.32. The first kappa shape index (κ1) is 11.6. The molecule has 0 bridgehead atoms. The number of benzene rings is 1. The smallest absolute Gasteiger partial charge is 0.312 e. The van der Waals surface area contributed by atoms with Crippen molar-refractivity contribution < 1.29 is 9.18 Å². The van der Waals surface area contributed by atoms with Crippen molar-refractivity contribution in [3.05, 3.63) is 41.4 Å². The van der Waals surface area contributed by atoms with Crippen molar-refractivity contribution in [1.82, 2.24) is 5.32 Å². The molecule has 0 aliphatic carbocycles. The fourth-order valence-corrected chi connectivity index (χ4v) is 1.92. The molecule has 1 aliphatic rings. The zero-order valence-electron chi connectivity index (χ0n) is 10.0. The van der Waals surface area contributed by atoms with Gasteiger partial charge in [0.15, 0.2) is 0 Å². The zero-order chi connectivity index (χ0) is 12.6. The highest BCUT2D eigenvalue weighted by atomic mass is 19.1. The third-order valence-electron chi connectivity index (χ3n) is 2.93. The summed E-state index contributed by atoms with van der Waals surface area (Å²) in [7, 11) is 0. The molecule has 2 amide bonds. The van der Waals surface area contributed by atoms with Gasteiger partial charge in [0, 0.05) is 24.4 Å². The summed E-state index contributed by atoms with van der Waals surface area (Å²) >= 11 is 0. The first-order chi connectivity index (χ1) is 7.99. The molecule has 3 nitrogen and oxygen atoms in total. The van der Waals surface area contributed by atoms with Crippen LogP contribution in [0.4, 0.5) is 14.9 Å². The standard InChI is InChI=1S/C13H15FN2O/c1-8-7-12(9(2)6-11(8)14)16-5-4-10(3)15-13(16)17/h6-7H,3-5H2,1-2H3,(H,15,17). The Balaban J connectivity index is 2.37. The zero-order valence-corrected chi connectivity index (χ0v) is 10.0. The number of hydrogen-bond donors (Lipinski definition) is 1. The molecule has 0 aromatic heterocycles. The quantitative estimate of drug-likeness (QED) is 0.796. The minimum absolute atomic E-state index is 0.199. The minimum Gasteiger partial charge on any atom is -0.312 e. The van der Waals surface area contributed by atoms with E-state index in [1.54, 1.807) is 24.8 Å². The van der Waals surface area contributed by atoms with Crippen LogP contribution in [0.5, 0.6) is 0 Å². The number of anilines is 1. The summed E-state index contributed by atoms with van der Waals surface area (Å²) in [4.78, 5) is 13.4. The number of halogens is 1. The Morgan fingerprint density at radius 1 is 1.35 bits per heavy atom. The Morgan fingerprint density at radius 3 is 2.71 bits per heavy atom. The minimum atomic E-state index is -0.243. The SMILES string of the molecule is C=C1CCN(c2cc(C)c(F)cc2C)C(=O)N1. The van der Waals surface area contributed by atoms with Gasteiger partial charge in [-0.05, 0) is 37.1 Å². The van der Waals surface area contributed by atoms with E-state index in [0.717, 1.165) is 16.9 Å². The van der Waals surface area contributed by atoms with E-state index < -0.39 is 0 Å². The summed E-state index contributed by atoms with van der Waals surface area (Å²) in [6.07, 6.45) is 0.710. The summed E-state index contributed by atoms with van der Waals surface area (Å²) in [6.45, 7) is 7.80. The van der Waals surface area contributed by atoms with Crippen molar-refractivity contribution in [2.75, 3.05) is 11.4 Å². The molecular weight excluding hydrogens is 219 g/mol. The van der Waals surface area contributed by atoms with Crippen LogP contribution in [0.15, 0.2) is 24.4 Å². The van der Waals surface area contributed by atoms with Crippen LogP contribution < -0.4 is 10.2 Å². The molecule has 0 radical (unpaired) electrons. The van der Waals surface area contributed by atoms with E-state index in [-0.39, 0.29) is 11.8 Å². The van der Waals surface area contributed by atoms with Gasteiger partial charge in [-0.3, -0.25) is 4.90 Å². The van der Waals surface area contributed by atoms with Crippen LogP contribution in [-0.4, -0.2) is 12.6 Å². The van der Waals surface area contributed by atoms with Gasteiger partial charge in [0.25, 0.3) is 0 Å². The van der Waals surface area contributed by atoms with Gasteiger partial charge in [-0.15, -0.1) is 0 Å². The number of carbonyl (C=O) groups excluding carboxylic acids is 1. The molecule has 90 valence electrons. The Kier molecular flexibility index (Phi) is 2.88. The molecule has 1 aliphatic heterocycles. The Bertz CT molecular complexity index is 496. The molecular formula is C13H15FN2O. The third kappa shape index (κ3) is 2.16. The predicted octanol–water partition coefficient (Wildman–Crippen LogP) is 2.88. The van der Waals surface area contributed by atoms with Crippen molar-refractivity contribution in [3.63, 3.8) is 0 Å². The Labute approximate surface area is 99.9 Å². The number of urea groups is 1. The molecule has 1 heterocycles. The molecule has 0 unspecified atom stereocenters. The van der Waals surface area contributed by atoms with Gasteiger partial charge in [-0.1, -0.05) is 6.58 Å². The number of nitrogens with zero attached hydrogens (tertiary/aromatic N) is 1. The highest BCUT2D eigenvalue weighted by molar-refractivity contribution is 5.94. The lowest BCUT2D eigenvalue weighted by molar-refractivity contribution is 0.246. The second kappa shape index (κ2) is 4.20. The van der Waals surface area contributed by atoms with E-state index in [2.05, 4.69) is 11.9 Å². The highest BCUT2D eigenvalue weighted by Crippen LogP contribution is 2.25. The lowest BCUT2D eigenvalue weighted by Gasteiger charge is -2.30. The summed E-state index contributed by atoms with van der Waals surface area (Å²) in [6, 6.07) is 2.97. The van der Waals surface area contributed by atoms with Crippen molar-refractivity contribution in [2.45, 2.75) is 20.3 Å². The van der Waals surface area contributed by atoms with Crippen LogP contribution in [0.2, 0.25) is 0 Å². The summed E-state index contributed by atoms with van der Waals surface area (Å²) in [5, 5.41) is 2.69. The molecule has 1 fully saturated rings. The fourth-order valence-electron chi connectivity index (χ4n) is 1.92. The topological polar surface area (TPSA) is 32.3 Å². The molecule has 4 heteroatoms. The maximum absolute atomic E-state index is 13.4. The maximum atomic E-state index is 13.4. The number of rotatable bonds is 1. The molecule has 0 spiro atoms. The summed E-state index contributed by atoms with van der Waals surface area (Å²) < 4.78 is 13.4. The third-order valence-corrected chi connectivity index (χ3v) is 2.93. The van der Waals surface area contributed by atoms with Crippen molar-refractivity contribution in [3.8, 4) is 0 Å². The van der Waals surface area contributed by atoms with Crippen LogP contribution in [0.25, 0.3) is 0 Å². The average Bonchev–Trinajstić information content (AvgIpc) is 2.24. The Hall–Kier alpha value is -1.84. The van der Waals surface area contributed by atoms with Gasteiger partial charge in [-0.2, -0.15) is 0 Å². The van der Waals surface area contributed by atoms with Gasteiger partial charge in [0.2, 0.25) is 0 Å². The lowest BCUT2D eigenvalue weighted by Crippen LogP contribution is -2.45.